The Kier molecular flexibility index (Phi) is 4.86. The lowest BCUT2D eigenvalue weighted by molar-refractivity contribution is 0.152. The van der Waals surface area contributed by atoms with Crippen LogP contribution in [-0.2, 0) is 19.0 Å². The van der Waals surface area contributed by atoms with Gasteiger partial charge in [-0.15, -0.1) is 0 Å². The first-order valence-corrected chi connectivity index (χ1v) is 7.79. The van der Waals surface area contributed by atoms with Crippen molar-refractivity contribution >= 4 is 0 Å². The first-order valence-electron chi connectivity index (χ1n) is 7.79. The molecule has 0 saturated heterocycles. The molecule has 2 rings (SSSR count). The average molecular weight is 279 g/mol. The second kappa shape index (κ2) is 6.27. The summed E-state index contributed by atoms with van der Waals surface area (Å²) in [5.74, 6) is 0.415. The Hall–Kier alpha value is -0.870. The van der Waals surface area contributed by atoms with Crippen LogP contribution in [0.4, 0.5) is 0 Å². The number of hydrogen-bond donors (Lipinski definition) is 2. The fourth-order valence-corrected chi connectivity index (χ4v) is 3.23. The molecule has 1 aliphatic rings. The van der Waals surface area contributed by atoms with Gasteiger partial charge in [-0.2, -0.15) is 5.10 Å². The van der Waals surface area contributed by atoms with Crippen molar-refractivity contribution in [2.75, 3.05) is 6.61 Å². The molecule has 4 heteroatoms. The van der Waals surface area contributed by atoms with E-state index in [4.69, 9.17) is 0 Å². The fraction of sp³-hybridized carbons (Fsp3) is 0.812. The summed E-state index contributed by atoms with van der Waals surface area (Å²) in [6.07, 6.45) is 6.96. The summed E-state index contributed by atoms with van der Waals surface area (Å²) in [6.45, 7) is 7.76. The molecule has 0 radical (unpaired) electrons. The summed E-state index contributed by atoms with van der Waals surface area (Å²) >= 11 is 0. The summed E-state index contributed by atoms with van der Waals surface area (Å²) < 4.78 is 1.90. The molecular weight excluding hydrogens is 250 g/mol. The monoisotopic (exact) mass is 279 g/mol. The van der Waals surface area contributed by atoms with E-state index in [1.165, 1.54) is 30.5 Å². The van der Waals surface area contributed by atoms with Gasteiger partial charge < -0.3 is 10.4 Å². The first kappa shape index (κ1) is 15.5. The molecule has 0 bridgehead atoms. The van der Waals surface area contributed by atoms with E-state index < -0.39 is 0 Å². The zero-order chi connectivity index (χ0) is 14.8. The molecule has 1 aromatic rings. The molecule has 1 aliphatic carbocycles. The molecule has 2 atom stereocenters. The Labute approximate surface area is 122 Å². The average Bonchev–Trinajstić information content (AvgIpc) is 2.78. The van der Waals surface area contributed by atoms with E-state index in [9.17, 15) is 5.11 Å². The summed E-state index contributed by atoms with van der Waals surface area (Å²) in [4.78, 5) is 0. The zero-order valence-electron chi connectivity index (χ0n) is 13.3. The highest BCUT2D eigenvalue weighted by Crippen LogP contribution is 2.26. The van der Waals surface area contributed by atoms with Crippen LogP contribution in [0.25, 0.3) is 0 Å². The number of nitrogens with one attached hydrogen (secondary N) is 1. The number of aromatic nitrogens is 2. The third-order valence-corrected chi connectivity index (χ3v) is 4.31. The Morgan fingerprint density at radius 1 is 1.35 bits per heavy atom. The molecule has 1 saturated carbocycles. The van der Waals surface area contributed by atoms with Crippen molar-refractivity contribution in [1.29, 1.82) is 0 Å². The van der Waals surface area contributed by atoms with E-state index in [0.717, 1.165) is 13.0 Å². The van der Waals surface area contributed by atoms with Crippen molar-refractivity contribution < 1.29 is 5.11 Å². The molecule has 2 unspecified atom stereocenters. The molecule has 20 heavy (non-hydrogen) atoms. The van der Waals surface area contributed by atoms with Crippen LogP contribution in [0.2, 0.25) is 0 Å². The number of aliphatic hydroxyl groups excluding tert-OH is 1. The van der Waals surface area contributed by atoms with E-state index in [0.29, 0.717) is 18.6 Å². The van der Waals surface area contributed by atoms with Crippen LogP contribution in [0, 0.1) is 5.92 Å². The van der Waals surface area contributed by atoms with Gasteiger partial charge in [0.25, 0.3) is 0 Å². The highest BCUT2D eigenvalue weighted by atomic mass is 16.3. The fourth-order valence-electron chi connectivity index (χ4n) is 3.23. The predicted octanol–water partition coefficient (Wildman–Crippen LogP) is 2.36. The Bertz CT molecular complexity index is 433. The lowest BCUT2D eigenvalue weighted by Crippen LogP contribution is -2.40. The van der Waals surface area contributed by atoms with E-state index >= 15 is 0 Å². The minimum Gasteiger partial charge on any atom is -0.396 e. The lowest BCUT2D eigenvalue weighted by atomic mass is 9.84. The van der Waals surface area contributed by atoms with Crippen LogP contribution in [0.15, 0.2) is 6.20 Å². The normalized spacial score (nSPS) is 24.1. The number of hydrogen-bond acceptors (Lipinski definition) is 3. The summed E-state index contributed by atoms with van der Waals surface area (Å²) in [5, 5.41) is 17.8. The molecule has 4 nitrogen and oxygen atoms in total. The third kappa shape index (κ3) is 3.61. The summed E-state index contributed by atoms with van der Waals surface area (Å²) in [6, 6.07) is 0.446. The topological polar surface area (TPSA) is 50.1 Å². The molecule has 0 amide bonds. The number of aryl methyl sites for hydroxylation is 1. The van der Waals surface area contributed by atoms with E-state index in [2.05, 4.69) is 37.4 Å². The maximum absolute atomic E-state index is 9.49. The third-order valence-electron chi connectivity index (χ3n) is 4.31. The van der Waals surface area contributed by atoms with Gasteiger partial charge in [0, 0.05) is 43.4 Å². The number of nitrogens with zero attached hydrogens (tertiary/aromatic N) is 2. The van der Waals surface area contributed by atoms with Gasteiger partial charge >= 0.3 is 0 Å². The summed E-state index contributed by atoms with van der Waals surface area (Å²) in [7, 11) is 1.98. The Morgan fingerprint density at radius 3 is 2.70 bits per heavy atom. The second-order valence-electron chi connectivity index (χ2n) is 7.14. The minimum atomic E-state index is 0.0707. The van der Waals surface area contributed by atoms with Crippen LogP contribution >= 0.6 is 0 Å². The van der Waals surface area contributed by atoms with Crippen LogP contribution in [-0.4, -0.2) is 27.5 Å². The van der Waals surface area contributed by atoms with Gasteiger partial charge in [0.15, 0.2) is 0 Å². The van der Waals surface area contributed by atoms with Crippen molar-refractivity contribution in [2.24, 2.45) is 13.0 Å². The number of rotatable bonds is 4. The van der Waals surface area contributed by atoms with Gasteiger partial charge in [0.2, 0.25) is 0 Å². The second-order valence-corrected chi connectivity index (χ2v) is 7.14. The molecule has 0 aromatic carbocycles. The largest absolute Gasteiger partial charge is 0.396 e. The smallest absolute Gasteiger partial charge is 0.0722 e. The van der Waals surface area contributed by atoms with E-state index in [1.54, 1.807) is 0 Å². The molecule has 1 aromatic heterocycles. The van der Waals surface area contributed by atoms with Gasteiger partial charge in [-0.05, 0) is 18.8 Å². The van der Waals surface area contributed by atoms with E-state index in [1.807, 2.05) is 11.7 Å². The summed E-state index contributed by atoms with van der Waals surface area (Å²) in [5.41, 5.74) is 2.52. The van der Waals surface area contributed by atoms with Crippen LogP contribution < -0.4 is 5.32 Å². The molecule has 0 spiro atoms. The van der Waals surface area contributed by atoms with Crippen LogP contribution in [0.1, 0.15) is 57.7 Å². The molecule has 0 aliphatic heterocycles. The standard InChI is InChI=1S/C16H29N3O/c1-16(2,3)15-13(10-19(4)18-15)9-17-14-8-6-5-7-12(14)11-20/h10,12,14,17,20H,5-9,11H2,1-4H3. The first-order chi connectivity index (χ1) is 9.41. The SMILES string of the molecule is Cn1cc(CNC2CCCCC2CO)c(C(C)(C)C)n1. The predicted molar refractivity (Wildman–Crippen MR) is 81.6 cm³/mol. The van der Waals surface area contributed by atoms with Gasteiger partial charge in [-0.3, -0.25) is 4.68 Å². The van der Waals surface area contributed by atoms with Crippen molar-refractivity contribution in [3.8, 4) is 0 Å². The van der Waals surface area contributed by atoms with Crippen LogP contribution in [0.3, 0.4) is 0 Å². The molecule has 1 heterocycles. The molecule has 2 N–H and O–H groups in total. The Balaban J connectivity index is 2.03. The Morgan fingerprint density at radius 2 is 2.05 bits per heavy atom. The highest BCUT2D eigenvalue weighted by Gasteiger charge is 2.26. The minimum absolute atomic E-state index is 0.0707. The van der Waals surface area contributed by atoms with Gasteiger partial charge in [-0.1, -0.05) is 33.6 Å². The van der Waals surface area contributed by atoms with Gasteiger partial charge in [0.1, 0.15) is 0 Å². The quantitative estimate of drug-likeness (QED) is 0.889. The van der Waals surface area contributed by atoms with Gasteiger partial charge in [0.05, 0.1) is 5.69 Å². The maximum atomic E-state index is 9.49. The highest BCUT2D eigenvalue weighted by molar-refractivity contribution is 5.24. The van der Waals surface area contributed by atoms with Crippen molar-refractivity contribution in [3.63, 3.8) is 0 Å². The molecular formula is C16H29N3O. The van der Waals surface area contributed by atoms with Crippen molar-refractivity contribution in [2.45, 2.75) is 64.5 Å². The molecule has 114 valence electrons. The van der Waals surface area contributed by atoms with Crippen LogP contribution in [0.5, 0.6) is 0 Å². The molecule has 1 fully saturated rings. The van der Waals surface area contributed by atoms with E-state index in [-0.39, 0.29) is 5.41 Å². The lowest BCUT2D eigenvalue weighted by Gasteiger charge is -2.31. The maximum Gasteiger partial charge on any atom is 0.0722 e. The zero-order valence-corrected chi connectivity index (χ0v) is 13.3. The van der Waals surface area contributed by atoms with Gasteiger partial charge in [-0.25, -0.2) is 0 Å². The van der Waals surface area contributed by atoms with Crippen molar-refractivity contribution in [1.82, 2.24) is 15.1 Å². The number of aliphatic hydroxyl groups is 1. The van der Waals surface area contributed by atoms with Crippen molar-refractivity contribution in [3.05, 3.63) is 17.5 Å².